The van der Waals surface area contributed by atoms with Crippen LogP contribution in [-0.2, 0) is 35.4 Å². The highest BCUT2D eigenvalue weighted by Crippen LogP contribution is 2.33. The van der Waals surface area contributed by atoms with E-state index in [-0.39, 0.29) is 34.2 Å². The van der Waals surface area contributed by atoms with Crippen molar-refractivity contribution in [3.05, 3.63) is 71.1 Å². The van der Waals surface area contributed by atoms with E-state index in [4.69, 9.17) is 4.74 Å². The number of halogens is 3. The van der Waals surface area contributed by atoms with E-state index in [1.54, 1.807) is 38.1 Å². The van der Waals surface area contributed by atoms with Gasteiger partial charge >= 0.3 is 12.1 Å². The zero-order valence-electron chi connectivity index (χ0n) is 23.8. The number of sulfonamides is 1. The number of hydrazine groups is 1. The Hall–Kier alpha value is -4.67. The van der Waals surface area contributed by atoms with Crippen LogP contribution in [0, 0.1) is 18.0 Å². The van der Waals surface area contributed by atoms with Crippen molar-refractivity contribution < 1.29 is 45.7 Å². The highest BCUT2D eigenvalue weighted by Gasteiger charge is 2.39. The number of aromatic nitrogens is 2. The van der Waals surface area contributed by atoms with Gasteiger partial charge in [-0.25, -0.2) is 17.8 Å². The second-order valence-corrected chi connectivity index (χ2v) is 11.9. The number of carbonyl (C=O) groups excluding carboxylic acids is 2. The molecule has 1 aliphatic heterocycles. The monoisotopic (exact) mass is 638 g/mol. The molecule has 0 aliphatic carbocycles. The van der Waals surface area contributed by atoms with E-state index in [9.17, 15) is 36.4 Å². The molecule has 44 heavy (non-hydrogen) atoms. The van der Waals surface area contributed by atoms with E-state index >= 15 is 0 Å². The van der Waals surface area contributed by atoms with Gasteiger partial charge in [-0.15, -0.1) is 5.01 Å². The molecule has 1 aromatic heterocycles. The number of carbonyl (C=O) groups is 2. The Morgan fingerprint density at radius 3 is 2.43 bits per heavy atom. The molecule has 2 heterocycles. The maximum atomic E-state index is 13.5. The van der Waals surface area contributed by atoms with E-state index < -0.39 is 52.5 Å². The van der Waals surface area contributed by atoms with Crippen LogP contribution in [0.4, 0.5) is 13.2 Å². The Labute approximate surface area is 250 Å². The summed E-state index contributed by atoms with van der Waals surface area (Å²) in [5.41, 5.74) is 0.524. The molecule has 2 aromatic carbocycles. The third-order valence-corrected chi connectivity index (χ3v) is 7.94. The van der Waals surface area contributed by atoms with Crippen LogP contribution in [0.25, 0.3) is 16.9 Å². The first-order valence-electron chi connectivity index (χ1n) is 13.3. The van der Waals surface area contributed by atoms with Crippen LogP contribution in [0.1, 0.15) is 37.9 Å². The maximum Gasteiger partial charge on any atom is 0.435 e. The van der Waals surface area contributed by atoms with Crippen molar-refractivity contribution in [3.63, 3.8) is 0 Å². The molecule has 0 bridgehead atoms. The Morgan fingerprint density at radius 1 is 1.16 bits per heavy atom. The third kappa shape index (κ3) is 7.45. The third-order valence-electron chi connectivity index (χ3n) is 6.57. The minimum Gasteiger partial charge on any atom is -0.569 e. The first kappa shape index (κ1) is 32.2. The minimum absolute atomic E-state index is 0.0210. The van der Waals surface area contributed by atoms with Gasteiger partial charge in [-0.3, -0.25) is 9.59 Å². The topological polar surface area (TPSA) is 158 Å². The highest BCUT2D eigenvalue weighted by atomic mass is 32.2. The second-order valence-electron chi connectivity index (χ2n) is 10.2. The fourth-order valence-corrected chi connectivity index (χ4v) is 5.28. The predicted octanol–water partition coefficient (Wildman–Crippen LogP) is 4.10. The van der Waals surface area contributed by atoms with Crippen molar-refractivity contribution in [2.45, 2.75) is 50.7 Å². The van der Waals surface area contributed by atoms with Crippen LogP contribution in [-0.4, -0.2) is 59.4 Å². The molecule has 0 radical (unpaired) electrons. The Balaban J connectivity index is 1.49. The van der Waals surface area contributed by atoms with Gasteiger partial charge in [0.1, 0.15) is 0 Å². The number of amides is 1. The van der Waals surface area contributed by atoms with Gasteiger partial charge in [0.15, 0.2) is 11.7 Å². The van der Waals surface area contributed by atoms with Gasteiger partial charge in [0.25, 0.3) is 22.7 Å². The summed E-state index contributed by atoms with van der Waals surface area (Å²) in [6.45, 7) is 4.48. The molecular formula is C27H29F3N6O7S. The van der Waals surface area contributed by atoms with Crippen molar-refractivity contribution in [3.8, 4) is 16.9 Å². The molecule has 1 N–H and O–H groups in total. The number of aryl methyl sites for hydroxylation is 1. The molecule has 0 saturated carbocycles. The fraction of sp³-hybridized carbons (Fsp3) is 0.370. The van der Waals surface area contributed by atoms with E-state index in [0.29, 0.717) is 12.0 Å². The maximum absolute atomic E-state index is 13.5. The Morgan fingerprint density at radius 2 is 1.82 bits per heavy atom. The number of esters is 1. The van der Waals surface area contributed by atoms with Crippen LogP contribution >= 0.6 is 0 Å². The number of ether oxygens (including phenoxy) is 1. The van der Waals surface area contributed by atoms with Gasteiger partial charge in [0.05, 0.1) is 33.7 Å². The molecule has 1 aliphatic rings. The van der Waals surface area contributed by atoms with Gasteiger partial charge in [-0.1, -0.05) is 43.7 Å². The van der Waals surface area contributed by atoms with Gasteiger partial charge in [0.2, 0.25) is 5.28 Å². The molecule has 1 amide bonds. The zero-order valence-corrected chi connectivity index (χ0v) is 24.6. The van der Waals surface area contributed by atoms with E-state index in [1.807, 2.05) is 11.6 Å². The summed E-state index contributed by atoms with van der Waals surface area (Å²) in [7, 11) is -4.44. The summed E-state index contributed by atoms with van der Waals surface area (Å²) in [5.74, 6) is -2.00. The minimum atomic E-state index is -4.72. The molecule has 4 rings (SSSR count). The fourth-order valence-electron chi connectivity index (χ4n) is 4.27. The summed E-state index contributed by atoms with van der Waals surface area (Å²) >= 11 is 0. The summed E-state index contributed by atoms with van der Waals surface area (Å²) in [5, 5.41) is 20.2. The normalized spacial score (nSPS) is 15.8. The highest BCUT2D eigenvalue weighted by molar-refractivity contribution is 7.90. The quantitative estimate of drug-likeness (QED) is 0.0862. The molecule has 1 saturated heterocycles. The molecular weight excluding hydrogens is 609 g/mol. The van der Waals surface area contributed by atoms with E-state index in [1.165, 1.54) is 12.1 Å². The molecule has 13 nitrogen and oxygen atoms in total. The first-order valence-corrected chi connectivity index (χ1v) is 14.8. The molecule has 0 spiro atoms. The average molecular weight is 639 g/mol. The van der Waals surface area contributed by atoms with Gasteiger partial charge in [0, 0.05) is 5.56 Å². The molecule has 0 unspecified atom stereocenters. The zero-order chi connectivity index (χ0) is 32.2. The Kier molecular flexibility index (Phi) is 9.46. The van der Waals surface area contributed by atoms with Crippen LogP contribution in [0.2, 0.25) is 0 Å². The number of benzene rings is 2. The number of rotatable bonds is 10. The van der Waals surface area contributed by atoms with Crippen molar-refractivity contribution in [2.75, 3.05) is 13.3 Å². The number of nitrogens with one attached hydrogen (secondary N) is 1. The average Bonchev–Trinajstić information content (AvgIpc) is 3.64. The number of alkyl halides is 3. The SMILES string of the molecule is Cc1ccc(-c2cc(C(F)(F)F)nn2-c2ccc(S(=O)(=O)NC(=O)[C@@H]3CCCN3/[N+]([O-])=N\OCOC(=O)C(C)C)cc2)cc1. The lowest BCUT2D eigenvalue weighted by atomic mass is 10.1. The number of hydrogen-bond acceptors (Lipinski definition) is 9. The van der Waals surface area contributed by atoms with Crippen molar-refractivity contribution >= 4 is 21.9 Å². The largest absolute Gasteiger partial charge is 0.569 e. The standard InChI is InChI=1S/C27H29F3N6O7S/c1-17(2)26(38)42-16-43-33-36(39)34-14-4-5-22(34)25(37)32-44(40,41)21-12-10-20(11-13-21)35-23(15-24(31-35)27(28,29)30)19-8-6-18(3)7-9-19/h6-13,15,17,22H,4-5,14,16H2,1-3H3,(H,32,37)/b36-33+/t22-/m0/s1. The lowest BCUT2D eigenvalue weighted by molar-refractivity contribution is -0.712. The lowest BCUT2D eigenvalue weighted by Gasteiger charge is -2.19. The molecule has 1 atom stereocenters. The van der Waals surface area contributed by atoms with Crippen LogP contribution in [0.15, 0.2) is 64.8 Å². The van der Waals surface area contributed by atoms with Crippen molar-refractivity contribution in [2.24, 2.45) is 11.2 Å². The van der Waals surface area contributed by atoms with E-state index in [2.05, 4.69) is 15.2 Å². The van der Waals surface area contributed by atoms with Gasteiger partial charge in [-0.05, 0) is 50.1 Å². The number of nitrogens with zero attached hydrogens (tertiary/aromatic N) is 5. The lowest BCUT2D eigenvalue weighted by Crippen LogP contribution is -2.47. The first-order chi connectivity index (χ1) is 20.7. The van der Waals surface area contributed by atoms with E-state index in [0.717, 1.165) is 33.5 Å². The van der Waals surface area contributed by atoms with Crippen molar-refractivity contribution in [1.82, 2.24) is 19.5 Å². The van der Waals surface area contributed by atoms with Crippen LogP contribution in [0.3, 0.4) is 0 Å². The second kappa shape index (κ2) is 12.9. The van der Waals surface area contributed by atoms with Crippen LogP contribution < -0.4 is 4.72 Å². The Bertz CT molecular complexity index is 1640. The van der Waals surface area contributed by atoms with Crippen LogP contribution in [0.5, 0.6) is 0 Å². The molecule has 3 aromatic rings. The van der Waals surface area contributed by atoms with Gasteiger partial charge in [-0.2, -0.15) is 18.3 Å². The predicted molar refractivity (Wildman–Crippen MR) is 147 cm³/mol. The summed E-state index contributed by atoms with van der Waals surface area (Å²) in [6, 6.07) is 11.2. The number of hydrogen-bond donors (Lipinski definition) is 1. The summed E-state index contributed by atoms with van der Waals surface area (Å²) in [4.78, 5) is 28.6. The smallest absolute Gasteiger partial charge is 0.435 e. The molecule has 1 fully saturated rings. The van der Waals surface area contributed by atoms with Gasteiger partial charge < -0.3 is 14.8 Å². The van der Waals surface area contributed by atoms with Crippen molar-refractivity contribution in [1.29, 1.82) is 0 Å². The molecule has 17 heteroatoms. The molecule has 236 valence electrons. The summed E-state index contributed by atoms with van der Waals surface area (Å²) in [6.07, 6.45) is -4.21. The summed E-state index contributed by atoms with van der Waals surface area (Å²) < 4.78 is 74.2.